The standard InChI is InChI=1S/C8H14FNO/c1-2-8(11)10-7-4-3-6(9)5-7/h6-7H,2-5H2,1H3,(H,10,11). The third-order valence-electron chi connectivity index (χ3n) is 2.05. The SMILES string of the molecule is CCC(=O)NC1CCC(F)C1. The van der Waals surface area contributed by atoms with Crippen LogP contribution in [-0.4, -0.2) is 18.1 Å². The zero-order valence-electron chi connectivity index (χ0n) is 6.77. The minimum atomic E-state index is -0.697. The van der Waals surface area contributed by atoms with E-state index in [-0.39, 0.29) is 11.9 Å². The lowest BCUT2D eigenvalue weighted by atomic mass is 10.2. The van der Waals surface area contributed by atoms with Crippen LogP contribution in [0.4, 0.5) is 4.39 Å². The van der Waals surface area contributed by atoms with Crippen molar-refractivity contribution in [2.45, 2.75) is 44.8 Å². The molecule has 0 aliphatic heterocycles. The summed E-state index contributed by atoms with van der Waals surface area (Å²) in [5.41, 5.74) is 0. The average molecular weight is 159 g/mol. The molecule has 0 bridgehead atoms. The van der Waals surface area contributed by atoms with E-state index in [0.717, 1.165) is 6.42 Å². The first-order valence-corrected chi connectivity index (χ1v) is 4.15. The molecule has 0 aromatic carbocycles. The molecule has 2 nitrogen and oxygen atoms in total. The summed E-state index contributed by atoms with van der Waals surface area (Å²) in [5, 5.41) is 2.78. The van der Waals surface area contributed by atoms with Crippen LogP contribution in [0.3, 0.4) is 0 Å². The molecule has 0 radical (unpaired) electrons. The molecular formula is C8H14FNO. The second-order valence-electron chi connectivity index (χ2n) is 3.03. The normalized spacial score (nSPS) is 30.4. The fraction of sp³-hybridized carbons (Fsp3) is 0.875. The van der Waals surface area contributed by atoms with Crippen LogP contribution in [0, 0.1) is 0 Å². The highest BCUT2D eigenvalue weighted by Gasteiger charge is 2.24. The summed E-state index contributed by atoms with van der Waals surface area (Å²) >= 11 is 0. The van der Waals surface area contributed by atoms with Crippen LogP contribution in [-0.2, 0) is 4.79 Å². The lowest BCUT2D eigenvalue weighted by molar-refractivity contribution is -0.121. The topological polar surface area (TPSA) is 29.1 Å². The van der Waals surface area contributed by atoms with Gasteiger partial charge in [-0.3, -0.25) is 4.79 Å². The van der Waals surface area contributed by atoms with Gasteiger partial charge in [-0.2, -0.15) is 0 Å². The van der Waals surface area contributed by atoms with Crippen LogP contribution in [0.5, 0.6) is 0 Å². The predicted molar refractivity (Wildman–Crippen MR) is 41.0 cm³/mol. The van der Waals surface area contributed by atoms with E-state index in [1.54, 1.807) is 6.92 Å². The maximum atomic E-state index is 12.6. The van der Waals surface area contributed by atoms with Crippen molar-refractivity contribution in [1.29, 1.82) is 0 Å². The van der Waals surface area contributed by atoms with Crippen molar-refractivity contribution < 1.29 is 9.18 Å². The van der Waals surface area contributed by atoms with Crippen molar-refractivity contribution in [3.63, 3.8) is 0 Å². The summed E-state index contributed by atoms with van der Waals surface area (Å²) in [6, 6.07) is 0.0949. The summed E-state index contributed by atoms with van der Waals surface area (Å²) in [6.45, 7) is 1.80. The molecule has 2 atom stereocenters. The molecule has 0 aromatic rings. The van der Waals surface area contributed by atoms with Crippen molar-refractivity contribution in [3.05, 3.63) is 0 Å². The number of nitrogens with one attached hydrogen (secondary N) is 1. The van der Waals surface area contributed by atoms with E-state index in [2.05, 4.69) is 5.32 Å². The number of carbonyl (C=O) groups excluding carboxylic acids is 1. The molecule has 1 fully saturated rings. The van der Waals surface area contributed by atoms with Crippen LogP contribution in [0.1, 0.15) is 32.6 Å². The number of amides is 1. The van der Waals surface area contributed by atoms with Crippen molar-refractivity contribution >= 4 is 5.91 Å². The van der Waals surface area contributed by atoms with E-state index in [1.165, 1.54) is 0 Å². The first kappa shape index (κ1) is 8.50. The molecule has 1 amide bonds. The van der Waals surface area contributed by atoms with Crippen LogP contribution >= 0.6 is 0 Å². The molecule has 0 spiro atoms. The number of hydrogen-bond donors (Lipinski definition) is 1. The smallest absolute Gasteiger partial charge is 0.219 e. The highest BCUT2D eigenvalue weighted by atomic mass is 19.1. The zero-order valence-corrected chi connectivity index (χ0v) is 6.77. The lowest BCUT2D eigenvalue weighted by Crippen LogP contribution is -2.32. The number of hydrogen-bond acceptors (Lipinski definition) is 1. The third-order valence-corrected chi connectivity index (χ3v) is 2.05. The van der Waals surface area contributed by atoms with Crippen molar-refractivity contribution in [3.8, 4) is 0 Å². The fourth-order valence-corrected chi connectivity index (χ4v) is 1.39. The molecule has 1 aliphatic carbocycles. The Morgan fingerprint density at radius 3 is 2.82 bits per heavy atom. The van der Waals surface area contributed by atoms with E-state index in [4.69, 9.17) is 0 Å². The van der Waals surface area contributed by atoms with Gasteiger partial charge in [0.1, 0.15) is 6.17 Å². The minimum Gasteiger partial charge on any atom is -0.353 e. The average Bonchev–Trinajstić information content (AvgIpc) is 2.35. The molecule has 0 heterocycles. The van der Waals surface area contributed by atoms with E-state index in [1.807, 2.05) is 0 Å². The molecule has 11 heavy (non-hydrogen) atoms. The Balaban J connectivity index is 2.23. The van der Waals surface area contributed by atoms with E-state index in [9.17, 15) is 9.18 Å². The summed E-state index contributed by atoms with van der Waals surface area (Å²) < 4.78 is 12.6. The fourth-order valence-electron chi connectivity index (χ4n) is 1.39. The highest BCUT2D eigenvalue weighted by molar-refractivity contribution is 5.75. The summed E-state index contributed by atoms with van der Waals surface area (Å²) in [5.74, 6) is 0.0316. The Labute approximate surface area is 66.2 Å². The highest BCUT2D eigenvalue weighted by Crippen LogP contribution is 2.21. The maximum absolute atomic E-state index is 12.6. The molecular weight excluding hydrogens is 145 g/mol. The molecule has 0 saturated heterocycles. The van der Waals surface area contributed by atoms with Crippen molar-refractivity contribution in [1.82, 2.24) is 5.32 Å². The van der Waals surface area contributed by atoms with Gasteiger partial charge in [0.05, 0.1) is 0 Å². The molecule has 0 aromatic heterocycles. The number of alkyl halides is 1. The Kier molecular flexibility index (Phi) is 2.85. The van der Waals surface area contributed by atoms with Gasteiger partial charge in [-0.05, 0) is 19.3 Å². The van der Waals surface area contributed by atoms with E-state index in [0.29, 0.717) is 19.3 Å². The van der Waals surface area contributed by atoms with Gasteiger partial charge in [-0.15, -0.1) is 0 Å². The number of rotatable bonds is 2. The second-order valence-corrected chi connectivity index (χ2v) is 3.03. The molecule has 1 saturated carbocycles. The van der Waals surface area contributed by atoms with Crippen LogP contribution in [0.25, 0.3) is 0 Å². The number of halogens is 1. The molecule has 1 aliphatic rings. The van der Waals surface area contributed by atoms with Gasteiger partial charge in [-0.1, -0.05) is 6.92 Å². The van der Waals surface area contributed by atoms with Crippen molar-refractivity contribution in [2.24, 2.45) is 0 Å². The summed E-state index contributed by atoms with van der Waals surface area (Å²) in [4.78, 5) is 10.8. The Bertz CT molecular complexity index is 149. The molecule has 64 valence electrons. The molecule has 1 rings (SSSR count). The van der Waals surface area contributed by atoms with Gasteiger partial charge < -0.3 is 5.32 Å². The molecule has 2 unspecified atom stereocenters. The first-order valence-electron chi connectivity index (χ1n) is 4.15. The van der Waals surface area contributed by atoms with E-state index < -0.39 is 6.17 Å². The number of carbonyl (C=O) groups is 1. The van der Waals surface area contributed by atoms with E-state index >= 15 is 0 Å². The third kappa shape index (κ3) is 2.48. The van der Waals surface area contributed by atoms with Gasteiger partial charge in [0.25, 0.3) is 0 Å². The van der Waals surface area contributed by atoms with Crippen LogP contribution in [0.15, 0.2) is 0 Å². The summed E-state index contributed by atoms with van der Waals surface area (Å²) in [7, 11) is 0. The first-order chi connectivity index (χ1) is 5.22. The Morgan fingerprint density at radius 2 is 2.36 bits per heavy atom. The van der Waals surface area contributed by atoms with Gasteiger partial charge >= 0.3 is 0 Å². The van der Waals surface area contributed by atoms with Crippen LogP contribution < -0.4 is 5.32 Å². The minimum absolute atomic E-state index is 0.0316. The summed E-state index contributed by atoms with van der Waals surface area (Å²) in [6.07, 6.45) is 1.71. The van der Waals surface area contributed by atoms with Gasteiger partial charge in [0.2, 0.25) is 5.91 Å². The van der Waals surface area contributed by atoms with Gasteiger partial charge in [0, 0.05) is 12.5 Å². The van der Waals surface area contributed by atoms with Gasteiger partial charge in [0.15, 0.2) is 0 Å². The quantitative estimate of drug-likeness (QED) is 0.648. The second kappa shape index (κ2) is 3.69. The van der Waals surface area contributed by atoms with Crippen molar-refractivity contribution in [2.75, 3.05) is 0 Å². The predicted octanol–water partition coefficient (Wildman–Crippen LogP) is 1.40. The van der Waals surface area contributed by atoms with Gasteiger partial charge in [-0.25, -0.2) is 4.39 Å². The molecule has 1 N–H and O–H groups in total. The largest absolute Gasteiger partial charge is 0.353 e. The Morgan fingerprint density at radius 1 is 1.64 bits per heavy atom. The monoisotopic (exact) mass is 159 g/mol. The Hall–Kier alpha value is -0.600. The zero-order chi connectivity index (χ0) is 8.27. The van der Waals surface area contributed by atoms with Crippen LogP contribution in [0.2, 0.25) is 0 Å². The maximum Gasteiger partial charge on any atom is 0.219 e. The lowest BCUT2D eigenvalue weighted by Gasteiger charge is -2.09. The molecule has 3 heteroatoms.